The van der Waals surface area contributed by atoms with E-state index in [1.807, 2.05) is 13.8 Å². The molecule has 0 bridgehead atoms. The smallest absolute Gasteiger partial charge is 0.226 e. The molecule has 24 heavy (non-hydrogen) atoms. The van der Waals surface area contributed by atoms with Gasteiger partial charge < -0.3 is 10.6 Å². The van der Waals surface area contributed by atoms with Crippen LogP contribution in [0.5, 0.6) is 0 Å². The van der Waals surface area contributed by atoms with Gasteiger partial charge in [-0.05, 0) is 5.92 Å². The second-order valence-electron chi connectivity index (χ2n) is 6.12. The molecule has 6 nitrogen and oxygen atoms in total. The summed E-state index contributed by atoms with van der Waals surface area (Å²) in [6, 6.07) is 0. The molecule has 2 N–H and O–H groups in total. The number of anilines is 1. The Morgan fingerprint density at radius 3 is 2.88 bits per heavy atom. The minimum absolute atomic E-state index is 0.0880. The highest BCUT2D eigenvalue weighted by atomic mass is 32.1. The van der Waals surface area contributed by atoms with E-state index in [2.05, 4.69) is 22.2 Å². The highest BCUT2D eigenvalue weighted by Gasteiger charge is 2.33. The molecule has 0 unspecified atom stereocenters. The number of aromatic nitrogens is 1. The van der Waals surface area contributed by atoms with Crippen molar-refractivity contribution in [2.24, 2.45) is 11.8 Å². The van der Waals surface area contributed by atoms with Crippen LogP contribution < -0.4 is 10.6 Å². The fraction of sp³-hybridized carbons (Fsp3) is 0.529. The number of nitrogens with one attached hydrogen (secondary N) is 2. The molecule has 0 saturated heterocycles. The normalized spacial score (nSPS) is 17.8. The average molecular weight is 349 g/mol. The second-order valence-corrected chi connectivity index (χ2v) is 7.12. The summed E-state index contributed by atoms with van der Waals surface area (Å²) in [4.78, 5) is 41.2. The Morgan fingerprint density at radius 2 is 2.21 bits per heavy atom. The quantitative estimate of drug-likeness (QED) is 0.741. The molecule has 7 heteroatoms. The number of Topliss-reactive ketones (excluding diaryl/α,β-unsaturated/α-hetero) is 1. The number of carbonyl (C=O) groups is 3. The van der Waals surface area contributed by atoms with Gasteiger partial charge in [0, 0.05) is 25.8 Å². The zero-order chi connectivity index (χ0) is 17.7. The number of rotatable bonds is 7. The minimum Gasteiger partial charge on any atom is -0.352 e. The monoisotopic (exact) mass is 349 g/mol. The van der Waals surface area contributed by atoms with Gasteiger partial charge in [-0.15, -0.1) is 6.58 Å². The molecule has 1 aliphatic rings. The Labute approximate surface area is 145 Å². The third-order valence-corrected chi connectivity index (χ3v) is 5.14. The van der Waals surface area contributed by atoms with Crippen molar-refractivity contribution in [1.82, 2.24) is 10.3 Å². The van der Waals surface area contributed by atoms with Gasteiger partial charge in [0.2, 0.25) is 11.8 Å². The standard InChI is InChI=1S/C17H23N3O3S/c1-4-6-18-16(23)11-8-12-15(13(21)9-11)24-17(19-12)20-14(22)7-10(3)5-2/h4,10-11H,1,5-9H2,2-3H3,(H,18,23)(H,19,20,22)/t10-,11+/m1/s1. The molecule has 2 atom stereocenters. The number of nitrogens with zero attached hydrogens (tertiary/aromatic N) is 1. The lowest BCUT2D eigenvalue weighted by molar-refractivity contribution is -0.124. The lowest BCUT2D eigenvalue weighted by atomic mass is 9.89. The Bertz CT molecular complexity index is 654. The molecule has 1 aromatic heterocycles. The van der Waals surface area contributed by atoms with E-state index in [9.17, 15) is 14.4 Å². The maximum Gasteiger partial charge on any atom is 0.226 e. The molecule has 2 amide bonds. The third kappa shape index (κ3) is 4.50. The maximum atomic E-state index is 12.3. The molecule has 0 aromatic carbocycles. The van der Waals surface area contributed by atoms with Crippen LogP contribution in [0.1, 0.15) is 48.5 Å². The average Bonchev–Trinajstić information content (AvgIpc) is 2.95. The van der Waals surface area contributed by atoms with Gasteiger partial charge in [-0.3, -0.25) is 14.4 Å². The number of hydrogen-bond donors (Lipinski definition) is 2. The summed E-state index contributed by atoms with van der Waals surface area (Å²) in [5, 5.41) is 5.92. The van der Waals surface area contributed by atoms with Gasteiger partial charge in [-0.25, -0.2) is 4.98 Å². The number of amides is 2. The van der Waals surface area contributed by atoms with Crippen molar-refractivity contribution in [3.05, 3.63) is 23.2 Å². The first-order valence-electron chi connectivity index (χ1n) is 8.15. The number of fused-ring (bicyclic) bond motifs is 1. The highest BCUT2D eigenvalue weighted by molar-refractivity contribution is 7.17. The summed E-state index contributed by atoms with van der Waals surface area (Å²) in [7, 11) is 0. The Kier molecular flexibility index (Phi) is 6.25. The van der Waals surface area contributed by atoms with Gasteiger partial charge in [-0.2, -0.15) is 0 Å². The molecular weight excluding hydrogens is 326 g/mol. The van der Waals surface area contributed by atoms with Crippen molar-refractivity contribution in [3.8, 4) is 0 Å². The van der Waals surface area contributed by atoms with Crippen LogP contribution in [-0.4, -0.2) is 29.1 Å². The summed E-state index contributed by atoms with van der Waals surface area (Å²) in [6.07, 6.45) is 3.56. The number of hydrogen-bond acceptors (Lipinski definition) is 5. The van der Waals surface area contributed by atoms with Crippen LogP contribution in [0.4, 0.5) is 5.13 Å². The lowest BCUT2D eigenvalue weighted by Gasteiger charge is -2.19. The van der Waals surface area contributed by atoms with Crippen LogP contribution in [0, 0.1) is 11.8 Å². The molecule has 0 aliphatic heterocycles. The Morgan fingerprint density at radius 1 is 1.46 bits per heavy atom. The predicted molar refractivity (Wildman–Crippen MR) is 94.2 cm³/mol. The number of ketones is 1. The van der Waals surface area contributed by atoms with Gasteiger partial charge in [0.05, 0.1) is 16.5 Å². The van der Waals surface area contributed by atoms with Crippen molar-refractivity contribution in [1.29, 1.82) is 0 Å². The minimum atomic E-state index is -0.407. The van der Waals surface area contributed by atoms with Crippen molar-refractivity contribution >= 4 is 34.1 Å². The first-order chi connectivity index (χ1) is 11.4. The lowest BCUT2D eigenvalue weighted by Crippen LogP contribution is -2.35. The second kappa shape index (κ2) is 8.19. The van der Waals surface area contributed by atoms with Gasteiger partial charge in [0.15, 0.2) is 10.9 Å². The van der Waals surface area contributed by atoms with Crippen LogP contribution in [0.2, 0.25) is 0 Å². The van der Waals surface area contributed by atoms with Crippen LogP contribution in [0.15, 0.2) is 12.7 Å². The largest absolute Gasteiger partial charge is 0.352 e. The first kappa shape index (κ1) is 18.3. The summed E-state index contributed by atoms with van der Waals surface area (Å²) < 4.78 is 0. The van der Waals surface area contributed by atoms with Gasteiger partial charge in [-0.1, -0.05) is 37.7 Å². The van der Waals surface area contributed by atoms with Crippen LogP contribution in [-0.2, 0) is 16.0 Å². The topological polar surface area (TPSA) is 88.2 Å². The van der Waals surface area contributed by atoms with Crippen LogP contribution >= 0.6 is 11.3 Å². The van der Waals surface area contributed by atoms with Crippen molar-refractivity contribution in [2.75, 3.05) is 11.9 Å². The maximum absolute atomic E-state index is 12.3. The summed E-state index contributed by atoms with van der Waals surface area (Å²) in [5.74, 6) is -0.447. The Balaban J connectivity index is 2.04. The molecule has 1 aliphatic carbocycles. The summed E-state index contributed by atoms with van der Waals surface area (Å²) in [5.41, 5.74) is 0.605. The van der Waals surface area contributed by atoms with Crippen LogP contribution in [0.3, 0.4) is 0 Å². The summed E-state index contributed by atoms with van der Waals surface area (Å²) >= 11 is 1.20. The van der Waals surface area contributed by atoms with E-state index in [-0.39, 0.29) is 24.0 Å². The van der Waals surface area contributed by atoms with E-state index in [1.165, 1.54) is 11.3 Å². The summed E-state index contributed by atoms with van der Waals surface area (Å²) in [6.45, 7) is 7.99. The van der Waals surface area contributed by atoms with Gasteiger partial charge in [0.1, 0.15) is 0 Å². The molecule has 0 saturated carbocycles. The SMILES string of the molecule is C=CCNC(=O)[C@@H]1CC(=O)c2sc(NC(=O)C[C@H](C)CC)nc2C1. The van der Waals surface area contributed by atoms with E-state index < -0.39 is 5.92 Å². The molecule has 2 rings (SSSR count). The first-order valence-corrected chi connectivity index (χ1v) is 8.97. The van der Waals surface area contributed by atoms with E-state index in [0.717, 1.165) is 6.42 Å². The molecule has 1 aromatic rings. The van der Waals surface area contributed by atoms with E-state index in [4.69, 9.17) is 0 Å². The van der Waals surface area contributed by atoms with E-state index in [1.54, 1.807) is 6.08 Å². The zero-order valence-electron chi connectivity index (χ0n) is 14.1. The fourth-order valence-corrected chi connectivity index (χ4v) is 3.48. The Hall–Kier alpha value is -2.02. The number of carbonyl (C=O) groups excluding carboxylic acids is 3. The molecule has 0 radical (unpaired) electrons. The van der Waals surface area contributed by atoms with Gasteiger partial charge >= 0.3 is 0 Å². The van der Waals surface area contributed by atoms with Crippen molar-refractivity contribution < 1.29 is 14.4 Å². The predicted octanol–water partition coefficient (Wildman–Crippen LogP) is 2.57. The molecule has 0 fully saturated rings. The molecule has 130 valence electrons. The van der Waals surface area contributed by atoms with E-state index >= 15 is 0 Å². The third-order valence-electron chi connectivity index (χ3n) is 4.09. The molecule has 0 spiro atoms. The van der Waals surface area contributed by atoms with Crippen molar-refractivity contribution in [2.45, 2.75) is 39.5 Å². The van der Waals surface area contributed by atoms with Crippen LogP contribution in [0.25, 0.3) is 0 Å². The van der Waals surface area contributed by atoms with Gasteiger partial charge in [0.25, 0.3) is 0 Å². The number of thiazole rings is 1. The van der Waals surface area contributed by atoms with E-state index in [0.29, 0.717) is 41.0 Å². The fourth-order valence-electron chi connectivity index (χ4n) is 2.52. The highest BCUT2D eigenvalue weighted by Crippen LogP contribution is 2.32. The zero-order valence-corrected chi connectivity index (χ0v) is 14.9. The van der Waals surface area contributed by atoms with Crippen molar-refractivity contribution in [3.63, 3.8) is 0 Å². The molecular formula is C17H23N3O3S. The molecule has 1 heterocycles.